The molecule has 0 bridgehead atoms. The third-order valence-corrected chi connectivity index (χ3v) is 7.37. The van der Waals surface area contributed by atoms with Crippen LogP contribution in [-0.2, 0) is 0 Å². The van der Waals surface area contributed by atoms with Crippen molar-refractivity contribution in [3.8, 4) is 5.69 Å². The SMILES string of the molecule is Cc1ccc(N2C(=S)NC(c3ccccn3)C2c2cc(C)n(-c3c(C)cc(C)cc3C)c2C)cc1. The fraction of sp³-hybridized carbons (Fsp3) is 0.267. The van der Waals surface area contributed by atoms with E-state index in [9.17, 15) is 0 Å². The van der Waals surface area contributed by atoms with Gasteiger partial charge in [0, 0.05) is 23.3 Å². The van der Waals surface area contributed by atoms with Gasteiger partial charge in [-0.15, -0.1) is 0 Å². The van der Waals surface area contributed by atoms with Crippen molar-refractivity contribution in [1.29, 1.82) is 0 Å². The van der Waals surface area contributed by atoms with E-state index < -0.39 is 0 Å². The molecule has 4 nitrogen and oxygen atoms in total. The van der Waals surface area contributed by atoms with Crippen LogP contribution in [0.25, 0.3) is 5.69 Å². The van der Waals surface area contributed by atoms with E-state index in [1.807, 2.05) is 18.3 Å². The van der Waals surface area contributed by atoms with Crippen molar-refractivity contribution in [1.82, 2.24) is 14.9 Å². The van der Waals surface area contributed by atoms with Gasteiger partial charge in [0.2, 0.25) is 0 Å². The second-order valence-electron chi connectivity index (χ2n) is 9.74. The first kappa shape index (κ1) is 23.3. The molecule has 1 aliphatic rings. The highest BCUT2D eigenvalue weighted by atomic mass is 32.1. The highest BCUT2D eigenvalue weighted by molar-refractivity contribution is 7.80. The molecule has 5 heteroatoms. The minimum Gasteiger partial charge on any atom is -0.351 e. The number of aromatic nitrogens is 2. The van der Waals surface area contributed by atoms with Gasteiger partial charge < -0.3 is 14.8 Å². The molecular weight excluding hydrogens is 448 g/mol. The molecule has 2 aromatic carbocycles. The lowest BCUT2D eigenvalue weighted by atomic mass is 9.96. The topological polar surface area (TPSA) is 33.1 Å². The van der Waals surface area contributed by atoms with E-state index in [0.29, 0.717) is 0 Å². The number of hydrogen-bond acceptors (Lipinski definition) is 2. The second-order valence-corrected chi connectivity index (χ2v) is 10.1. The molecule has 1 saturated heterocycles. The van der Waals surface area contributed by atoms with Crippen LogP contribution in [0.3, 0.4) is 0 Å². The fourth-order valence-electron chi connectivity index (χ4n) is 5.61. The van der Waals surface area contributed by atoms with Crippen LogP contribution < -0.4 is 10.2 Å². The Labute approximate surface area is 213 Å². The standard InChI is InChI=1S/C30H32N4S/c1-18-10-12-24(13-11-18)34-29(27(32-30(34)35)26-9-7-8-14-31-26)25-17-22(5)33(23(25)6)28-20(3)15-19(2)16-21(28)4/h7-17,27,29H,1-6H3,(H,32,35). The monoisotopic (exact) mass is 480 g/mol. The highest BCUT2D eigenvalue weighted by Gasteiger charge is 2.42. The molecule has 1 N–H and O–H groups in total. The second kappa shape index (κ2) is 8.97. The normalized spacial score (nSPS) is 17.7. The number of benzene rings is 2. The van der Waals surface area contributed by atoms with E-state index in [-0.39, 0.29) is 12.1 Å². The van der Waals surface area contributed by atoms with E-state index in [2.05, 4.69) is 105 Å². The van der Waals surface area contributed by atoms with Gasteiger partial charge in [0.05, 0.1) is 23.5 Å². The van der Waals surface area contributed by atoms with Gasteiger partial charge in [0.15, 0.2) is 5.11 Å². The van der Waals surface area contributed by atoms with Crippen LogP contribution in [0.4, 0.5) is 5.69 Å². The first-order valence-corrected chi connectivity index (χ1v) is 12.5. The Bertz CT molecular complexity index is 1380. The Balaban J connectivity index is 1.71. The lowest BCUT2D eigenvalue weighted by molar-refractivity contribution is 0.565. The molecule has 1 aliphatic heterocycles. The number of thiocarbonyl (C=S) groups is 1. The van der Waals surface area contributed by atoms with Crippen molar-refractivity contribution in [2.75, 3.05) is 4.90 Å². The summed E-state index contributed by atoms with van der Waals surface area (Å²) in [5.74, 6) is 0. The van der Waals surface area contributed by atoms with E-state index >= 15 is 0 Å². The van der Waals surface area contributed by atoms with Gasteiger partial charge in [-0.1, -0.05) is 41.5 Å². The molecule has 35 heavy (non-hydrogen) atoms. The van der Waals surface area contributed by atoms with Gasteiger partial charge >= 0.3 is 0 Å². The molecule has 0 spiro atoms. The van der Waals surface area contributed by atoms with Crippen LogP contribution >= 0.6 is 12.2 Å². The van der Waals surface area contributed by atoms with Crippen molar-refractivity contribution >= 4 is 23.0 Å². The van der Waals surface area contributed by atoms with Crippen molar-refractivity contribution in [2.45, 2.75) is 53.6 Å². The number of anilines is 1. The third kappa shape index (κ3) is 4.04. The van der Waals surface area contributed by atoms with Crippen LogP contribution in [0.1, 0.15) is 57.0 Å². The molecule has 0 saturated carbocycles. The number of nitrogens with one attached hydrogen (secondary N) is 1. The number of aryl methyl sites for hydroxylation is 5. The molecule has 4 aromatic rings. The van der Waals surface area contributed by atoms with Crippen molar-refractivity contribution in [3.05, 3.63) is 112 Å². The Kier molecular flexibility index (Phi) is 5.97. The van der Waals surface area contributed by atoms with Gasteiger partial charge in [-0.2, -0.15) is 0 Å². The van der Waals surface area contributed by atoms with Crippen molar-refractivity contribution in [2.24, 2.45) is 0 Å². The fourth-order valence-corrected chi connectivity index (χ4v) is 5.96. The minimum absolute atomic E-state index is 0.0221. The summed E-state index contributed by atoms with van der Waals surface area (Å²) in [6.07, 6.45) is 1.86. The predicted octanol–water partition coefficient (Wildman–Crippen LogP) is 6.90. The third-order valence-electron chi connectivity index (χ3n) is 7.06. The van der Waals surface area contributed by atoms with Crippen molar-refractivity contribution < 1.29 is 0 Å². The summed E-state index contributed by atoms with van der Waals surface area (Å²) >= 11 is 5.92. The molecule has 0 amide bonds. The molecule has 0 aliphatic carbocycles. The van der Waals surface area contributed by atoms with Crippen LogP contribution in [-0.4, -0.2) is 14.7 Å². The Hall–Kier alpha value is -3.44. The molecule has 1 fully saturated rings. The van der Waals surface area contributed by atoms with Crippen molar-refractivity contribution in [3.63, 3.8) is 0 Å². The minimum atomic E-state index is -0.0563. The Morgan fingerprint density at radius 1 is 0.829 bits per heavy atom. The number of nitrogens with zero attached hydrogens (tertiary/aromatic N) is 3. The average Bonchev–Trinajstić information content (AvgIpc) is 3.30. The molecule has 2 aromatic heterocycles. The van der Waals surface area contributed by atoms with E-state index in [1.54, 1.807) is 0 Å². The summed E-state index contributed by atoms with van der Waals surface area (Å²) in [4.78, 5) is 6.97. The molecule has 3 heterocycles. The van der Waals surface area contributed by atoms with Gasteiger partial charge in [-0.3, -0.25) is 4.98 Å². The maximum Gasteiger partial charge on any atom is 0.174 e. The first-order valence-electron chi connectivity index (χ1n) is 12.1. The van der Waals surface area contributed by atoms with Gasteiger partial charge in [-0.25, -0.2) is 0 Å². The Morgan fingerprint density at radius 2 is 1.51 bits per heavy atom. The molecule has 178 valence electrons. The van der Waals surface area contributed by atoms with Crippen LogP contribution in [0.5, 0.6) is 0 Å². The quantitative estimate of drug-likeness (QED) is 0.322. The maximum atomic E-state index is 5.92. The summed E-state index contributed by atoms with van der Waals surface area (Å²) in [5.41, 5.74) is 12.1. The van der Waals surface area contributed by atoms with Gasteiger partial charge in [-0.05, 0) is 101 Å². The smallest absolute Gasteiger partial charge is 0.174 e. The molecule has 2 unspecified atom stereocenters. The largest absolute Gasteiger partial charge is 0.351 e. The Morgan fingerprint density at radius 3 is 2.14 bits per heavy atom. The summed E-state index contributed by atoms with van der Waals surface area (Å²) in [6.45, 7) is 13.1. The number of hydrogen-bond donors (Lipinski definition) is 1. The lowest BCUT2D eigenvalue weighted by Crippen LogP contribution is -2.29. The van der Waals surface area contributed by atoms with E-state index in [0.717, 1.165) is 16.5 Å². The van der Waals surface area contributed by atoms with Crippen LogP contribution in [0.2, 0.25) is 0 Å². The van der Waals surface area contributed by atoms with Gasteiger partial charge in [0.25, 0.3) is 0 Å². The zero-order valence-electron chi connectivity index (χ0n) is 21.3. The summed E-state index contributed by atoms with van der Waals surface area (Å²) in [6, 6.07) is 21.5. The average molecular weight is 481 g/mol. The number of pyridine rings is 1. The molecule has 2 atom stereocenters. The lowest BCUT2D eigenvalue weighted by Gasteiger charge is -2.28. The summed E-state index contributed by atoms with van der Waals surface area (Å²) < 4.78 is 2.41. The maximum absolute atomic E-state index is 5.92. The molecule has 0 radical (unpaired) electrons. The summed E-state index contributed by atoms with van der Waals surface area (Å²) in [7, 11) is 0. The zero-order valence-corrected chi connectivity index (χ0v) is 22.1. The zero-order chi connectivity index (χ0) is 24.9. The van der Waals surface area contributed by atoms with E-state index in [4.69, 9.17) is 17.2 Å². The van der Waals surface area contributed by atoms with E-state index in [1.165, 1.54) is 44.9 Å². The summed E-state index contributed by atoms with van der Waals surface area (Å²) in [5, 5.41) is 4.32. The predicted molar refractivity (Wildman–Crippen MR) is 149 cm³/mol. The van der Waals surface area contributed by atoms with Gasteiger partial charge in [0.1, 0.15) is 0 Å². The highest BCUT2D eigenvalue weighted by Crippen LogP contribution is 2.44. The first-order chi connectivity index (χ1) is 16.8. The molecule has 5 rings (SSSR count). The van der Waals surface area contributed by atoms with Crippen LogP contribution in [0.15, 0.2) is 66.9 Å². The number of rotatable bonds is 4. The van der Waals surface area contributed by atoms with Crippen LogP contribution in [0, 0.1) is 41.5 Å². The molecular formula is C30H32N4S.